The first-order valence-corrected chi connectivity index (χ1v) is 6.18. The largest absolute Gasteiger partial charge is 0.504 e. The summed E-state index contributed by atoms with van der Waals surface area (Å²) < 4.78 is 9.83. The Bertz CT molecular complexity index is 678. The van der Waals surface area contributed by atoms with Crippen LogP contribution in [0.1, 0.15) is 10.4 Å². The van der Waals surface area contributed by atoms with E-state index in [0.717, 1.165) is 0 Å². The first-order valence-electron chi connectivity index (χ1n) is 5.80. The number of phenolic OH excluding ortho intramolecular Hbond substituents is 1. The highest BCUT2D eigenvalue weighted by atomic mass is 35.5. The minimum absolute atomic E-state index is 0.000317. The molecule has 0 fully saturated rings. The van der Waals surface area contributed by atoms with Crippen molar-refractivity contribution in [3.8, 4) is 17.4 Å². The third kappa shape index (κ3) is 3.51. The fourth-order valence-electron chi connectivity index (χ4n) is 1.56. The van der Waals surface area contributed by atoms with Crippen molar-refractivity contribution in [1.29, 1.82) is 0 Å². The third-order valence-corrected chi connectivity index (χ3v) is 2.74. The predicted octanol–water partition coefficient (Wildman–Crippen LogP) is 2.11. The molecule has 1 heterocycles. The number of aromatic nitrogens is 2. The number of halogens is 1. The van der Waals surface area contributed by atoms with Crippen LogP contribution in [0, 0.1) is 0 Å². The summed E-state index contributed by atoms with van der Waals surface area (Å²) in [7, 11) is 2.84. The third-order valence-electron chi connectivity index (χ3n) is 2.55. The van der Waals surface area contributed by atoms with E-state index in [-0.39, 0.29) is 34.0 Å². The average molecular weight is 310 g/mol. The van der Waals surface area contributed by atoms with Gasteiger partial charge in [-0.2, -0.15) is 4.98 Å². The minimum Gasteiger partial charge on any atom is -0.504 e. The van der Waals surface area contributed by atoms with Crippen LogP contribution < -0.4 is 14.8 Å². The number of ether oxygens (including phenoxy) is 2. The number of benzene rings is 1. The van der Waals surface area contributed by atoms with Crippen molar-refractivity contribution >= 4 is 23.5 Å². The van der Waals surface area contributed by atoms with Gasteiger partial charge in [-0.05, 0) is 18.2 Å². The number of hydrogen-bond donors (Lipinski definition) is 2. The van der Waals surface area contributed by atoms with Crippen molar-refractivity contribution in [2.75, 3.05) is 19.5 Å². The van der Waals surface area contributed by atoms with Crippen LogP contribution in [0.3, 0.4) is 0 Å². The van der Waals surface area contributed by atoms with Crippen LogP contribution in [0.15, 0.2) is 24.3 Å². The summed E-state index contributed by atoms with van der Waals surface area (Å²) in [5, 5.41) is 12.3. The summed E-state index contributed by atoms with van der Waals surface area (Å²) in [4.78, 5) is 19.8. The van der Waals surface area contributed by atoms with Crippen LogP contribution in [-0.2, 0) is 0 Å². The van der Waals surface area contributed by atoms with E-state index in [4.69, 9.17) is 21.1 Å². The Kier molecular flexibility index (Phi) is 4.44. The van der Waals surface area contributed by atoms with E-state index in [1.165, 1.54) is 38.5 Å². The van der Waals surface area contributed by atoms with Gasteiger partial charge < -0.3 is 14.6 Å². The fraction of sp³-hybridized carbons (Fsp3) is 0.154. The lowest BCUT2D eigenvalue weighted by Gasteiger charge is -2.07. The van der Waals surface area contributed by atoms with Gasteiger partial charge in [-0.15, -0.1) is 0 Å². The second-order valence-corrected chi connectivity index (χ2v) is 4.28. The smallest absolute Gasteiger partial charge is 0.258 e. The number of carbonyl (C=O) groups is 1. The van der Waals surface area contributed by atoms with Crippen molar-refractivity contribution in [3.05, 3.63) is 35.0 Å². The van der Waals surface area contributed by atoms with Crippen LogP contribution in [0.2, 0.25) is 5.15 Å². The molecule has 0 radical (unpaired) electrons. The van der Waals surface area contributed by atoms with E-state index in [1.807, 2.05) is 0 Å². The lowest BCUT2D eigenvalue weighted by molar-refractivity contribution is 0.102. The molecule has 0 saturated carbocycles. The molecule has 0 bridgehead atoms. The Morgan fingerprint density at radius 2 is 2.00 bits per heavy atom. The Balaban J connectivity index is 2.21. The second kappa shape index (κ2) is 6.27. The fourth-order valence-corrected chi connectivity index (χ4v) is 1.74. The number of aromatic hydroxyl groups is 1. The molecule has 1 aromatic carbocycles. The molecule has 2 N–H and O–H groups in total. The van der Waals surface area contributed by atoms with Crippen molar-refractivity contribution in [3.63, 3.8) is 0 Å². The number of amides is 1. The molecule has 0 saturated heterocycles. The number of rotatable bonds is 4. The summed E-state index contributed by atoms with van der Waals surface area (Å²) >= 11 is 5.78. The summed E-state index contributed by atoms with van der Waals surface area (Å²) in [5.41, 5.74) is 0.218. The summed E-state index contributed by atoms with van der Waals surface area (Å²) in [6.45, 7) is 0. The van der Waals surface area contributed by atoms with Crippen LogP contribution >= 0.6 is 11.6 Å². The molecular weight excluding hydrogens is 298 g/mol. The van der Waals surface area contributed by atoms with Crippen molar-refractivity contribution in [2.24, 2.45) is 0 Å². The van der Waals surface area contributed by atoms with Crippen molar-refractivity contribution in [1.82, 2.24) is 9.97 Å². The number of anilines is 1. The lowest BCUT2D eigenvalue weighted by Crippen LogP contribution is -2.14. The predicted molar refractivity (Wildman–Crippen MR) is 76.2 cm³/mol. The average Bonchev–Trinajstić information content (AvgIpc) is 2.46. The molecule has 0 unspecified atom stereocenters. The highest BCUT2D eigenvalue weighted by molar-refractivity contribution is 6.29. The SMILES string of the molecule is COc1cc(Cl)nc(NC(=O)c2ccc(OC)c(O)c2)n1. The van der Waals surface area contributed by atoms with Gasteiger partial charge in [0, 0.05) is 11.6 Å². The normalized spacial score (nSPS) is 10.0. The van der Waals surface area contributed by atoms with Gasteiger partial charge >= 0.3 is 0 Å². The molecule has 2 aromatic rings. The number of methoxy groups -OCH3 is 2. The maximum absolute atomic E-state index is 12.0. The topological polar surface area (TPSA) is 93.6 Å². The highest BCUT2D eigenvalue weighted by Gasteiger charge is 2.12. The van der Waals surface area contributed by atoms with Crippen LogP contribution in [0.4, 0.5) is 5.95 Å². The van der Waals surface area contributed by atoms with Gasteiger partial charge in [-0.25, -0.2) is 4.98 Å². The first-order chi connectivity index (χ1) is 10.0. The number of phenols is 1. The minimum atomic E-state index is -0.503. The van der Waals surface area contributed by atoms with E-state index < -0.39 is 5.91 Å². The molecule has 0 spiro atoms. The number of carbonyl (C=O) groups excluding carboxylic acids is 1. The summed E-state index contributed by atoms with van der Waals surface area (Å²) in [6.07, 6.45) is 0. The quantitative estimate of drug-likeness (QED) is 0.840. The van der Waals surface area contributed by atoms with E-state index in [2.05, 4.69) is 15.3 Å². The van der Waals surface area contributed by atoms with Gasteiger partial charge in [0.25, 0.3) is 5.91 Å². The number of hydrogen-bond acceptors (Lipinski definition) is 6. The van der Waals surface area contributed by atoms with E-state index in [9.17, 15) is 9.90 Å². The first kappa shape index (κ1) is 14.9. The Morgan fingerprint density at radius 3 is 2.62 bits per heavy atom. The van der Waals surface area contributed by atoms with Gasteiger partial charge in [0.1, 0.15) is 5.15 Å². The Hall–Kier alpha value is -2.54. The standard InChI is InChI=1S/C13H12ClN3O4/c1-20-9-4-3-7(5-8(9)18)12(19)17-13-15-10(14)6-11(16-13)21-2/h3-6,18H,1-2H3,(H,15,16,17,19). The highest BCUT2D eigenvalue weighted by Crippen LogP contribution is 2.26. The molecule has 8 heteroatoms. The van der Waals surface area contributed by atoms with E-state index in [1.54, 1.807) is 0 Å². The zero-order valence-electron chi connectivity index (χ0n) is 11.3. The Morgan fingerprint density at radius 1 is 1.24 bits per heavy atom. The zero-order valence-corrected chi connectivity index (χ0v) is 12.0. The molecule has 1 amide bonds. The molecule has 7 nitrogen and oxygen atoms in total. The van der Waals surface area contributed by atoms with Gasteiger partial charge in [-0.3, -0.25) is 10.1 Å². The van der Waals surface area contributed by atoms with Crippen molar-refractivity contribution in [2.45, 2.75) is 0 Å². The number of nitrogens with zero attached hydrogens (tertiary/aromatic N) is 2. The summed E-state index contributed by atoms with van der Waals surface area (Å²) in [5.74, 6) is -0.151. The second-order valence-electron chi connectivity index (χ2n) is 3.90. The molecule has 0 aliphatic carbocycles. The molecule has 0 atom stereocenters. The molecule has 21 heavy (non-hydrogen) atoms. The molecule has 110 valence electrons. The van der Waals surface area contributed by atoms with Crippen LogP contribution in [0.5, 0.6) is 17.4 Å². The summed E-state index contributed by atoms with van der Waals surface area (Å²) in [6, 6.07) is 5.66. The van der Waals surface area contributed by atoms with Gasteiger partial charge in [0.05, 0.1) is 14.2 Å². The zero-order chi connectivity index (χ0) is 15.4. The van der Waals surface area contributed by atoms with Crippen LogP contribution in [0.25, 0.3) is 0 Å². The maximum atomic E-state index is 12.0. The molecule has 0 aliphatic heterocycles. The van der Waals surface area contributed by atoms with Gasteiger partial charge in [0.15, 0.2) is 11.5 Å². The van der Waals surface area contributed by atoms with E-state index >= 15 is 0 Å². The molecular formula is C13H12ClN3O4. The van der Waals surface area contributed by atoms with E-state index in [0.29, 0.717) is 0 Å². The molecule has 2 rings (SSSR count). The van der Waals surface area contributed by atoms with Crippen LogP contribution in [-0.4, -0.2) is 35.2 Å². The Labute approximate surface area is 125 Å². The monoisotopic (exact) mass is 309 g/mol. The number of nitrogens with one attached hydrogen (secondary N) is 1. The lowest BCUT2D eigenvalue weighted by atomic mass is 10.2. The maximum Gasteiger partial charge on any atom is 0.258 e. The van der Waals surface area contributed by atoms with Crippen molar-refractivity contribution < 1.29 is 19.4 Å². The van der Waals surface area contributed by atoms with Gasteiger partial charge in [-0.1, -0.05) is 11.6 Å². The molecule has 1 aromatic heterocycles. The van der Waals surface area contributed by atoms with Gasteiger partial charge in [0.2, 0.25) is 11.8 Å². The molecule has 0 aliphatic rings.